The standard InChI is InChI=1S/C7H3F13/c1-2(8,9)3(10,4(11,12)6(15,16)17)5(13,14)7(18,19)20/h1H3. The average molecular weight is 334 g/mol. The molecule has 0 aliphatic carbocycles. The van der Waals surface area contributed by atoms with Crippen molar-refractivity contribution in [3.8, 4) is 0 Å². The molecule has 13 heteroatoms. The molecule has 0 aliphatic rings. The predicted molar refractivity (Wildman–Crippen MR) is 36.5 cm³/mol. The Hall–Kier alpha value is -0.910. The lowest BCUT2D eigenvalue weighted by Crippen LogP contribution is -2.74. The summed E-state index contributed by atoms with van der Waals surface area (Å²) in [5.74, 6) is -21.7. The fourth-order valence-corrected chi connectivity index (χ4v) is 1.14. The van der Waals surface area contributed by atoms with Gasteiger partial charge in [0.15, 0.2) is 0 Å². The lowest BCUT2D eigenvalue weighted by molar-refractivity contribution is -0.438. The molecule has 0 unspecified atom stereocenters. The largest absolute Gasteiger partial charge is 0.457 e. The first-order valence-corrected chi connectivity index (χ1v) is 4.21. The molecule has 0 amide bonds. The summed E-state index contributed by atoms with van der Waals surface area (Å²) in [6.07, 6.45) is -14.8. The van der Waals surface area contributed by atoms with Gasteiger partial charge in [-0.3, -0.25) is 0 Å². The number of hydrogen-bond donors (Lipinski definition) is 0. The van der Waals surface area contributed by atoms with Gasteiger partial charge in [-0.15, -0.1) is 0 Å². The highest BCUT2D eigenvalue weighted by Gasteiger charge is 2.92. The molecule has 0 spiro atoms. The van der Waals surface area contributed by atoms with Crippen LogP contribution >= 0.6 is 0 Å². The molecule has 0 atom stereocenters. The summed E-state index contributed by atoms with van der Waals surface area (Å²) in [6.45, 7) is -1.24. The van der Waals surface area contributed by atoms with E-state index in [0.717, 1.165) is 0 Å². The molecule has 0 rings (SSSR count). The van der Waals surface area contributed by atoms with E-state index >= 15 is 0 Å². The molecular weight excluding hydrogens is 331 g/mol. The van der Waals surface area contributed by atoms with Crippen molar-refractivity contribution in [2.24, 2.45) is 0 Å². The van der Waals surface area contributed by atoms with Gasteiger partial charge in [-0.25, -0.2) is 13.2 Å². The van der Waals surface area contributed by atoms with Crippen LogP contribution in [0.15, 0.2) is 0 Å². The minimum Gasteiger partial charge on any atom is -0.223 e. The van der Waals surface area contributed by atoms with Gasteiger partial charge in [0.25, 0.3) is 5.92 Å². The van der Waals surface area contributed by atoms with Gasteiger partial charge in [-0.2, -0.15) is 43.9 Å². The summed E-state index contributed by atoms with van der Waals surface area (Å²) in [4.78, 5) is 0. The first kappa shape index (κ1) is 19.1. The fraction of sp³-hybridized carbons (Fsp3) is 1.00. The maximum atomic E-state index is 13.2. The van der Waals surface area contributed by atoms with Crippen LogP contribution in [-0.2, 0) is 0 Å². The highest BCUT2D eigenvalue weighted by atomic mass is 19.4. The second-order valence-corrected chi connectivity index (χ2v) is 3.69. The number of rotatable bonds is 3. The summed E-state index contributed by atoms with van der Waals surface area (Å²) >= 11 is 0. The number of halogens is 13. The second-order valence-electron chi connectivity index (χ2n) is 3.69. The summed E-state index contributed by atoms with van der Waals surface area (Å²) in [6, 6.07) is 0. The Morgan fingerprint density at radius 1 is 0.450 bits per heavy atom. The summed E-state index contributed by atoms with van der Waals surface area (Å²) in [5, 5.41) is 0. The number of alkyl halides is 13. The van der Waals surface area contributed by atoms with E-state index in [4.69, 9.17) is 0 Å². The molecule has 0 nitrogen and oxygen atoms in total. The third kappa shape index (κ3) is 2.28. The summed E-state index contributed by atoms with van der Waals surface area (Å²) in [7, 11) is 0. The zero-order valence-electron chi connectivity index (χ0n) is 8.91. The van der Waals surface area contributed by atoms with Gasteiger partial charge in [-0.1, -0.05) is 0 Å². The Labute approximate surface area is 101 Å². The van der Waals surface area contributed by atoms with Crippen molar-refractivity contribution in [1.29, 1.82) is 0 Å². The van der Waals surface area contributed by atoms with E-state index in [1.54, 1.807) is 0 Å². The molecule has 0 aromatic heterocycles. The Kier molecular flexibility index (Phi) is 4.10. The Morgan fingerprint density at radius 2 is 0.650 bits per heavy atom. The molecule has 0 N–H and O–H groups in total. The Bertz CT molecular complexity index is 326. The van der Waals surface area contributed by atoms with Gasteiger partial charge in [0.05, 0.1) is 0 Å². The third-order valence-corrected chi connectivity index (χ3v) is 2.18. The van der Waals surface area contributed by atoms with Crippen molar-refractivity contribution in [2.75, 3.05) is 0 Å². The summed E-state index contributed by atoms with van der Waals surface area (Å²) in [5.41, 5.74) is -7.55. The second kappa shape index (κ2) is 4.29. The SMILES string of the molecule is CC(F)(F)C(F)(C(F)(F)C(F)(F)F)C(F)(F)C(F)(F)F. The minimum atomic E-state index is -7.67. The minimum absolute atomic E-state index is 1.24. The third-order valence-electron chi connectivity index (χ3n) is 2.18. The quantitative estimate of drug-likeness (QED) is 0.654. The van der Waals surface area contributed by atoms with E-state index in [1.807, 2.05) is 0 Å². The van der Waals surface area contributed by atoms with Crippen LogP contribution in [0.3, 0.4) is 0 Å². The lowest BCUT2D eigenvalue weighted by atomic mass is 9.83. The molecule has 0 aromatic carbocycles. The van der Waals surface area contributed by atoms with Crippen molar-refractivity contribution in [3.63, 3.8) is 0 Å². The van der Waals surface area contributed by atoms with Crippen LogP contribution in [0.25, 0.3) is 0 Å². The van der Waals surface area contributed by atoms with E-state index in [0.29, 0.717) is 0 Å². The van der Waals surface area contributed by atoms with Crippen LogP contribution in [0.4, 0.5) is 57.1 Å². The maximum absolute atomic E-state index is 13.2. The molecule has 0 radical (unpaired) electrons. The number of hydrogen-bond acceptors (Lipinski definition) is 0. The van der Waals surface area contributed by atoms with E-state index in [1.165, 1.54) is 0 Å². The van der Waals surface area contributed by atoms with Gasteiger partial charge in [0, 0.05) is 6.92 Å². The zero-order chi connectivity index (χ0) is 17.0. The normalized spacial score (nSPS) is 16.5. The van der Waals surface area contributed by atoms with Crippen LogP contribution in [0.2, 0.25) is 0 Å². The van der Waals surface area contributed by atoms with E-state index in [2.05, 4.69) is 0 Å². The van der Waals surface area contributed by atoms with Crippen LogP contribution in [-0.4, -0.2) is 35.8 Å². The van der Waals surface area contributed by atoms with Crippen LogP contribution in [0.1, 0.15) is 6.92 Å². The van der Waals surface area contributed by atoms with Gasteiger partial charge >= 0.3 is 29.9 Å². The molecule has 0 saturated carbocycles. The van der Waals surface area contributed by atoms with Gasteiger partial charge in [0.2, 0.25) is 0 Å². The van der Waals surface area contributed by atoms with Gasteiger partial charge in [0.1, 0.15) is 0 Å². The molecule has 122 valence electrons. The molecule has 0 saturated heterocycles. The molecule has 0 aliphatic heterocycles. The molecule has 0 bridgehead atoms. The lowest BCUT2D eigenvalue weighted by Gasteiger charge is -2.42. The van der Waals surface area contributed by atoms with Crippen molar-refractivity contribution < 1.29 is 57.1 Å². The van der Waals surface area contributed by atoms with E-state index in [-0.39, 0.29) is 0 Å². The molecule has 0 aromatic rings. The summed E-state index contributed by atoms with van der Waals surface area (Å²) < 4.78 is 159. The van der Waals surface area contributed by atoms with Crippen molar-refractivity contribution in [2.45, 2.75) is 42.7 Å². The van der Waals surface area contributed by atoms with E-state index in [9.17, 15) is 57.1 Å². The Balaban J connectivity index is 6.50. The van der Waals surface area contributed by atoms with Crippen molar-refractivity contribution >= 4 is 0 Å². The average Bonchev–Trinajstić information content (AvgIpc) is 2.10. The molecule has 0 fully saturated rings. The van der Waals surface area contributed by atoms with Crippen LogP contribution in [0.5, 0.6) is 0 Å². The predicted octanol–water partition coefficient (Wildman–Crippen LogP) is 4.75. The van der Waals surface area contributed by atoms with Crippen molar-refractivity contribution in [1.82, 2.24) is 0 Å². The van der Waals surface area contributed by atoms with Crippen molar-refractivity contribution in [3.05, 3.63) is 0 Å². The zero-order valence-corrected chi connectivity index (χ0v) is 8.91. The fourth-order valence-electron chi connectivity index (χ4n) is 1.14. The van der Waals surface area contributed by atoms with Crippen LogP contribution < -0.4 is 0 Å². The first-order valence-electron chi connectivity index (χ1n) is 4.21. The maximum Gasteiger partial charge on any atom is 0.457 e. The highest BCUT2D eigenvalue weighted by molar-refractivity contribution is 5.15. The monoisotopic (exact) mass is 334 g/mol. The Morgan fingerprint density at radius 3 is 0.750 bits per heavy atom. The smallest absolute Gasteiger partial charge is 0.223 e. The van der Waals surface area contributed by atoms with Crippen LogP contribution in [0, 0.1) is 0 Å². The molecular formula is C7H3F13. The first-order chi connectivity index (χ1) is 8.25. The molecule has 20 heavy (non-hydrogen) atoms. The van der Waals surface area contributed by atoms with Gasteiger partial charge in [-0.05, 0) is 0 Å². The van der Waals surface area contributed by atoms with Gasteiger partial charge < -0.3 is 0 Å². The van der Waals surface area contributed by atoms with E-state index < -0.39 is 42.7 Å². The molecule has 0 heterocycles. The highest BCUT2D eigenvalue weighted by Crippen LogP contribution is 2.62. The topological polar surface area (TPSA) is 0 Å².